The molecule has 1 aromatic carbocycles. The van der Waals surface area contributed by atoms with Crippen LogP contribution in [-0.2, 0) is 16.6 Å². The SMILES string of the molecule is CCOc1ccc(S(=O)(=O)NCC(C)C)cc1CN. The predicted molar refractivity (Wildman–Crippen MR) is 75.5 cm³/mol. The highest BCUT2D eigenvalue weighted by Gasteiger charge is 2.16. The molecule has 0 saturated carbocycles. The van der Waals surface area contributed by atoms with Gasteiger partial charge in [-0.3, -0.25) is 0 Å². The molecule has 0 aliphatic rings. The number of benzene rings is 1. The van der Waals surface area contributed by atoms with Crippen LogP contribution >= 0.6 is 0 Å². The third-order valence-corrected chi connectivity index (χ3v) is 3.96. The van der Waals surface area contributed by atoms with Crippen molar-refractivity contribution >= 4 is 10.0 Å². The number of nitrogens with one attached hydrogen (secondary N) is 1. The van der Waals surface area contributed by atoms with E-state index in [4.69, 9.17) is 10.5 Å². The molecule has 0 spiro atoms. The van der Waals surface area contributed by atoms with Crippen LogP contribution in [0.25, 0.3) is 0 Å². The van der Waals surface area contributed by atoms with Crippen LogP contribution in [-0.4, -0.2) is 21.6 Å². The highest BCUT2D eigenvalue weighted by atomic mass is 32.2. The summed E-state index contributed by atoms with van der Waals surface area (Å²) in [6.45, 7) is 6.94. The number of hydrogen-bond acceptors (Lipinski definition) is 4. The lowest BCUT2D eigenvalue weighted by Crippen LogP contribution is -2.27. The van der Waals surface area contributed by atoms with Gasteiger partial charge in [-0.1, -0.05) is 13.8 Å². The first-order valence-electron chi connectivity index (χ1n) is 6.36. The lowest BCUT2D eigenvalue weighted by Gasteiger charge is -2.12. The molecule has 3 N–H and O–H groups in total. The average Bonchev–Trinajstić information content (AvgIpc) is 2.37. The van der Waals surface area contributed by atoms with Crippen molar-refractivity contribution in [2.45, 2.75) is 32.2 Å². The van der Waals surface area contributed by atoms with E-state index in [1.165, 1.54) is 6.07 Å². The molecule has 1 rings (SSSR count). The minimum Gasteiger partial charge on any atom is -0.494 e. The third kappa shape index (κ3) is 4.49. The number of sulfonamides is 1. The van der Waals surface area contributed by atoms with Gasteiger partial charge < -0.3 is 10.5 Å². The van der Waals surface area contributed by atoms with E-state index in [0.717, 1.165) is 0 Å². The fourth-order valence-electron chi connectivity index (χ4n) is 1.54. The summed E-state index contributed by atoms with van der Waals surface area (Å²) in [4.78, 5) is 0.219. The van der Waals surface area contributed by atoms with Gasteiger partial charge >= 0.3 is 0 Å². The van der Waals surface area contributed by atoms with Crippen molar-refractivity contribution in [1.82, 2.24) is 4.72 Å². The molecule has 0 unspecified atom stereocenters. The Labute approximate surface area is 115 Å². The second kappa shape index (κ2) is 6.88. The van der Waals surface area contributed by atoms with Gasteiger partial charge in [0.25, 0.3) is 0 Å². The van der Waals surface area contributed by atoms with E-state index in [1.807, 2.05) is 20.8 Å². The lowest BCUT2D eigenvalue weighted by atomic mass is 10.2. The Kier molecular flexibility index (Phi) is 5.78. The zero-order valence-corrected chi connectivity index (χ0v) is 12.5. The molecular weight excluding hydrogens is 264 g/mol. The molecule has 108 valence electrons. The van der Waals surface area contributed by atoms with Crippen LogP contribution in [0, 0.1) is 5.92 Å². The molecule has 0 heterocycles. The van der Waals surface area contributed by atoms with Crippen molar-refractivity contribution in [1.29, 1.82) is 0 Å². The van der Waals surface area contributed by atoms with Crippen LogP contribution in [0.15, 0.2) is 23.1 Å². The zero-order chi connectivity index (χ0) is 14.5. The van der Waals surface area contributed by atoms with Crippen LogP contribution in [0.4, 0.5) is 0 Å². The fraction of sp³-hybridized carbons (Fsp3) is 0.538. The smallest absolute Gasteiger partial charge is 0.240 e. The monoisotopic (exact) mass is 286 g/mol. The standard InChI is InChI=1S/C13H22N2O3S/c1-4-18-13-6-5-12(7-11(13)8-14)19(16,17)15-9-10(2)3/h5-7,10,15H,4,8-9,14H2,1-3H3. The summed E-state index contributed by atoms with van der Waals surface area (Å²) < 4.78 is 32.1. The van der Waals surface area contributed by atoms with Gasteiger partial charge in [0.05, 0.1) is 11.5 Å². The Hall–Kier alpha value is -1.11. The average molecular weight is 286 g/mol. The van der Waals surface area contributed by atoms with Gasteiger partial charge in [-0.15, -0.1) is 0 Å². The molecule has 0 radical (unpaired) electrons. The van der Waals surface area contributed by atoms with Crippen molar-refractivity contribution in [3.63, 3.8) is 0 Å². The van der Waals surface area contributed by atoms with Crippen LogP contribution in [0.5, 0.6) is 5.75 Å². The summed E-state index contributed by atoms with van der Waals surface area (Å²) in [5.41, 5.74) is 6.31. The summed E-state index contributed by atoms with van der Waals surface area (Å²) in [6.07, 6.45) is 0. The van der Waals surface area contributed by atoms with E-state index in [9.17, 15) is 8.42 Å². The maximum atomic E-state index is 12.1. The molecule has 0 atom stereocenters. The minimum atomic E-state index is -3.48. The van der Waals surface area contributed by atoms with E-state index < -0.39 is 10.0 Å². The summed E-state index contributed by atoms with van der Waals surface area (Å²) in [6, 6.07) is 4.75. The third-order valence-electron chi connectivity index (χ3n) is 2.54. The molecule has 5 nitrogen and oxygen atoms in total. The summed E-state index contributed by atoms with van der Waals surface area (Å²) in [7, 11) is -3.48. The quantitative estimate of drug-likeness (QED) is 0.795. The van der Waals surface area contributed by atoms with Crippen molar-refractivity contribution < 1.29 is 13.2 Å². The van der Waals surface area contributed by atoms with Gasteiger partial charge in [0.15, 0.2) is 0 Å². The van der Waals surface area contributed by atoms with Crippen molar-refractivity contribution in [3.8, 4) is 5.75 Å². The van der Waals surface area contributed by atoms with Crippen molar-refractivity contribution in [2.24, 2.45) is 11.7 Å². The maximum absolute atomic E-state index is 12.1. The van der Waals surface area contributed by atoms with Gasteiger partial charge in [0, 0.05) is 18.7 Å². The van der Waals surface area contributed by atoms with Crippen LogP contribution in [0.1, 0.15) is 26.3 Å². The molecule has 0 aliphatic carbocycles. The molecule has 0 saturated heterocycles. The van der Waals surface area contributed by atoms with Gasteiger partial charge in [0.1, 0.15) is 5.75 Å². The topological polar surface area (TPSA) is 81.4 Å². The molecule has 0 amide bonds. The molecular formula is C13H22N2O3S. The van der Waals surface area contributed by atoms with Crippen LogP contribution < -0.4 is 15.2 Å². The Morgan fingerprint density at radius 1 is 1.37 bits per heavy atom. The summed E-state index contributed by atoms with van der Waals surface area (Å²) >= 11 is 0. The molecule has 0 aliphatic heterocycles. The Morgan fingerprint density at radius 3 is 2.58 bits per heavy atom. The van der Waals surface area contributed by atoms with Gasteiger partial charge in [0.2, 0.25) is 10.0 Å². The second-order valence-corrected chi connectivity index (χ2v) is 6.42. The normalized spacial score (nSPS) is 11.8. The van der Waals surface area contributed by atoms with Crippen LogP contribution in [0.3, 0.4) is 0 Å². The minimum absolute atomic E-state index is 0.219. The van der Waals surface area contributed by atoms with Crippen molar-refractivity contribution in [2.75, 3.05) is 13.2 Å². The van der Waals surface area contributed by atoms with Crippen molar-refractivity contribution in [3.05, 3.63) is 23.8 Å². The first-order valence-corrected chi connectivity index (χ1v) is 7.84. The first kappa shape index (κ1) is 15.9. The van der Waals surface area contributed by atoms with E-state index >= 15 is 0 Å². The zero-order valence-electron chi connectivity index (χ0n) is 11.6. The molecule has 0 fully saturated rings. The number of nitrogens with two attached hydrogens (primary N) is 1. The van der Waals surface area contributed by atoms with Gasteiger partial charge in [-0.2, -0.15) is 0 Å². The largest absolute Gasteiger partial charge is 0.494 e. The van der Waals surface area contributed by atoms with E-state index in [0.29, 0.717) is 24.5 Å². The van der Waals surface area contributed by atoms with Gasteiger partial charge in [-0.25, -0.2) is 13.1 Å². The van der Waals surface area contributed by atoms with E-state index in [-0.39, 0.29) is 17.4 Å². The number of ether oxygens (including phenoxy) is 1. The maximum Gasteiger partial charge on any atom is 0.240 e. The van der Waals surface area contributed by atoms with E-state index in [1.54, 1.807) is 12.1 Å². The second-order valence-electron chi connectivity index (χ2n) is 4.65. The molecule has 1 aromatic rings. The molecule has 0 aromatic heterocycles. The molecule has 19 heavy (non-hydrogen) atoms. The Balaban J connectivity index is 3.01. The fourth-order valence-corrected chi connectivity index (χ4v) is 2.80. The Bertz CT molecular complexity index is 513. The summed E-state index contributed by atoms with van der Waals surface area (Å²) in [5, 5.41) is 0. The lowest BCUT2D eigenvalue weighted by molar-refractivity contribution is 0.336. The highest BCUT2D eigenvalue weighted by molar-refractivity contribution is 7.89. The number of hydrogen-bond donors (Lipinski definition) is 2. The molecule has 6 heteroatoms. The number of rotatable bonds is 7. The van der Waals surface area contributed by atoms with E-state index in [2.05, 4.69) is 4.72 Å². The predicted octanol–water partition coefficient (Wildman–Crippen LogP) is 1.48. The van der Waals surface area contributed by atoms with Crippen LogP contribution in [0.2, 0.25) is 0 Å². The summed E-state index contributed by atoms with van der Waals surface area (Å²) in [5.74, 6) is 0.888. The highest BCUT2D eigenvalue weighted by Crippen LogP contribution is 2.22. The Morgan fingerprint density at radius 2 is 2.05 bits per heavy atom. The first-order chi connectivity index (χ1) is 8.90. The van der Waals surface area contributed by atoms with Gasteiger partial charge in [-0.05, 0) is 31.0 Å². The molecule has 0 bridgehead atoms.